The number of sulfonamides is 1. The minimum absolute atomic E-state index is 0.0445. The molecule has 2 aromatic carbocycles. The molecule has 0 radical (unpaired) electrons. The third-order valence-corrected chi connectivity index (χ3v) is 5.73. The van der Waals surface area contributed by atoms with E-state index in [0.29, 0.717) is 18.8 Å². The van der Waals surface area contributed by atoms with Gasteiger partial charge in [-0.15, -0.1) is 0 Å². The Kier molecular flexibility index (Phi) is 4.35. The van der Waals surface area contributed by atoms with Crippen LogP contribution in [0.5, 0.6) is 5.75 Å². The van der Waals surface area contributed by atoms with Crippen molar-refractivity contribution in [3.8, 4) is 5.75 Å². The van der Waals surface area contributed by atoms with E-state index in [9.17, 15) is 12.8 Å². The number of hydrogen-bond donors (Lipinski definition) is 1. The number of halogens is 1. The second-order valence-corrected chi connectivity index (χ2v) is 8.19. The molecule has 0 amide bonds. The lowest BCUT2D eigenvalue weighted by Gasteiger charge is -2.11. The van der Waals surface area contributed by atoms with Crippen molar-refractivity contribution in [2.45, 2.75) is 30.9 Å². The van der Waals surface area contributed by atoms with Crippen molar-refractivity contribution in [3.63, 3.8) is 0 Å². The first-order chi connectivity index (χ1) is 12.9. The Morgan fingerprint density at radius 3 is 2.78 bits per heavy atom. The summed E-state index contributed by atoms with van der Waals surface area (Å²) in [6.45, 7) is 2.26. The average Bonchev–Trinajstić information content (AvgIpc) is 3.21. The van der Waals surface area contributed by atoms with Crippen LogP contribution in [0.3, 0.4) is 0 Å². The molecule has 0 unspecified atom stereocenters. The predicted molar refractivity (Wildman–Crippen MR) is 98.8 cm³/mol. The van der Waals surface area contributed by atoms with Gasteiger partial charge in [0.25, 0.3) is 10.0 Å². The average molecular weight is 387 g/mol. The van der Waals surface area contributed by atoms with E-state index in [2.05, 4.69) is 9.82 Å². The van der Waals surface area contributed by atoms with Gasteiger partial charge in [0.2, 0.25) is 0 Å². The third-order valence-electron chi connectivity index (χ3n) is 4.38. The fourth-order valence-electron chi connectivity index (χ4n) is 3.07. The van der Waals surface area contributed by atoms with Crippen LogP contribution in [0.15, 0.2) is 59.6 Å². The minimum atomic E-state index is -3.77. The summed E-state index contributed by atoms with van der Waals surface area (Å²) in [6.07, 6.45) is 2.24. The van der Waals surface area contributed by atoms with Gasteiger partial charge in [0.1, 0.15) is 23.5 Å². The van der Waals surface area contributed by atoms with Crippen molar-refractivity contribution >= 4 is 15.8 Å². The molecule has 2 heterocycles. The van der Waals surface area contributed by atoms with Gasteiger partial charge < -0.3 is 4.74 Å². The molecule has 3 aromatic rings. The standard InChI is InChI=1S/C19H18FN3O3S/c1-13-10-15-11-17(6-7-18(15)26-13)27(24,25)22-19-8-9-21-23(19)12-14-2-4-16(20)5-3-14/h2-9,11,13,22H,10,12H2,1H3/t13-/m0/s1. The van der Waals surface area contributed by atoms with Crippen molar-refractivity contribution in [3.05, 3.63) is 71.7 Å². The molecule has 0 saturated heterocycles. The summed E-state index contributed by atoms with van der Waals surface area (Å²) in [5.41, 5.74) is 1.69. The van der Waals surface area contributed by atoms with Gasteiger partial charge in [-0.05, 0) is 48.4 Å². The van der Waals surface area contributed by atoms with E-state index in [-0.39, 0.29) is 16.8 Å². The Hall–Kier alpha value is -2.87. The lowest BCUT2D eigenvalue weighted by Crippen LogP contribution is -2.17. The van der Waals surface area contributed by atoms with E-state index in [4.69, 9.17) is 4.74 Å². The minimum Gasteiger partial charge on any atom is -0.490 e. The van der Waals surface area contributed by atoms with E-state index in [1.54, 1.807) is 30.3 Å². The molecule has 1 aromatic heterocycles. The highest BCUT2D eigenvalue weighted by Crippen LogP contribution is 2.31. The van der Waals surface area contributed by atoms with Crippen molar-refractivity contribution in [2.75, 3.05) is 4.72 Å². The highest BCUT2D eigenvalue weighted by Gasteiger charge is 2.23. The summed E-state index contributed by atoms with van der Waals surface area (Å²) in [7, 11) is -3.77. The molecule has 0 spiro atoms. The highest BCUT2D eigenvalue weighted by atomic mass is 32.2. The van der Waals surface area contributed by atoms with Gasteiger partial charge in [0, 0.05) is 12.5 Å². The molecule has 0 fully saturated rings. The van der Waals surface area contributed by atoms with Crippen LogP contribution in [0.1, 0.15) is 18.1 Å². The van der Waals surface area contributed by atoms with E-state index < -0.39 is 10.0 Å². The second-order valence-electron chi connectivity index (χ2n) is 6.51. The molecule has 8 heteroatoms. The smallest absolute Gasteiger partial charge is 0.263 e. The molecule has 1 aliphatic rings. The third kappa shape index (κ3) is 3.66. The normalized spacial score (nSPS) is 16.0. The van der Waals surface area contributed by atoms with Crippen molar-refractivity contribution in [1.29, 1.82) is 0 Å². The molecule has 27 heavy (non-hydrogen) atoms. The Bertz CT molecular complexity index is 1080. The van der Waals surface area contributed by atoms with Crippen LogP contribution < -0.4 is 9.46 Å². The number of rotatable bonds is 5. The fourth-order valence-corrected chi connectivity index (χ4v) is 4.18. The van der Waals surface area contributed by atoms with Crippen LogP contribution in [0.4, 0.5) is 10.2 Å². The van der Waals surface area contributed by atoms with E-state index >= 15 is 0 Å². The zero-order valence-electron chi connectivity index (χ0n) is 14.6. The van der Waals surface area contributed by atoms with Gasteiger partial charge >= 0.3 is 0 Å². The number of ether oxygens (including phenoxy) is 1. The maximum absolute atomic E-state index is 13.1. The molecular weight excluding hydrogens is 369 g/mol. The van der Waals surface area contributed by atoms with Gasteiger partial charge in [-0.3, -0.25) is 4.72 Å². The molecule has 1 aliphatic heterocycles. The van der Waals surface area contributed by atoms with E-state index in [1.165, 1.54) is 29.1 Å². The summed E-state index contributed by atoms with van der Waals surface area (Å²) in [5.74, 6) is 0.738. The number of anilines is 1. The zero-order valence-corrected chi connectivity index (χ0v) is 15.4. The lowest BCUT2D eigenvalue weighted by molar-refractivity contribution is 0.254. The number of aromatic nitrogens is 2. The maximum atomic E-state index is 13.1. The molecule has 1 N–H and O–H groups in total. The van der Waals surface area contributed by atoms with Gasteiger partial charge in [0.15, 0.2) is 0 Å². The Balaban J connectivity index is 1.56. The lowest BCUT2D eigenvalue weighted by atomic mass is 10.1. The van der Waals surface area contributed by atoms with Gasteiger partial charge in [-0.2, -0.15) is 5.10 Å². The summed E-state index contributed by atoms with van der Waals surface area (Å²) >= 11 is 0. The van der Waals surface area contributed by atoms with E-state index in [0.717, 1.165) is 16.9 Å². The van der Waals surface area contributed by atoms with Gasteiger partial charge in [-0.1, -0.05) is 12.1 Å². The largest absolute Gasteiger partial charge is 0.490 e. The van der Waals surface area contributed by atoms with Crippen molar-refractivity contribution in [2.24, 2.45) is 0 Å². The van der Waals surface area contributed by atoms with Crippen LogP contribution >= 0.6 is 0 Å². The summed E-state index contributed by atoms with van der Waals surface area (Å²) in [4.78, 5) is 0.175. The number of nitrogens with zero attached hydrogens (tertiary/aromatic N) is 2. The van der Waals surface area contributed by atoms with Crippen LogP contribution in [0.2, 0.25) is 0 Å². The van der Waals surface area contributed by atoms with Crippen LogP contribution in [-0.2, 0) is 23.0 Å². The Labute approximate surface area is 156 Å². The number of hydrogen-bond acceptors (Lipinski definition) is 4. The van der Waals surface area contributed by atoms with Crippen molar-refractivity contribution < 1.29 is 17.5 Å². The van der Waals surface area contributed by atoms with Crippen LogP contribution in [-0.4, -0.2) is 24.3 Å². The second kappa shape index (κ2) is 6.70. The fraction of sp³-hybridized carbons (Fsp3) is 0.211. The first-order valence-corrected chi connectivity index (χ1v) is 9.98. The molecule has 0 bridgehead atoms. The number of benzene rings is 2. The Morgan fingerprint density at radius 1 is 1.22 bits per heavy atom. The van der Waals surface area contributed by atoms with Crippen LogP contribution in [0, 0.1) is 5.82 Å². The van der Waals surface area contributed by atoms with Crippen LogP contribution in [0.25, 0.3) is 0 Å². The predicted octanol–water partition coefficient (Wildman–Crippen LogP) is 3.19. The summed E-state index contributed by atoms with van der Waals surface area (Å²) in [5, 5.41) is 4.16. The summed E-state index contributed by atoms with van der Waals surface area (Å²) < 4.78 is 48.3. The number of nitrogens with one attached hydrogen (secondary N) is 1. The molecular formula is C19H18FN3O3S. The summed E-state index contributed by atoms with van der Waals surface area (Å²) in [6, 6.07) is 12.4. The van der Waals surface area contributed by atoms with Gasteiger partial charge in [0.05, 0.1) is 17.6 Å². The molecule has 0 aliphatic carbocycles. The molecule has 1 atom stereocenters. The van der Waals surface area contributed by atoms with Crippen molar-refractivity contribution in [1.82, 2.24) is 9.78 Å². The topological polar surface area (TPSA) is 73.2 Å². The maximum Gasteiger partial charge on any atom is 0.263 e. The monoisotopic (exact) mass is 387 g/mol. The van der Waals surface area contributed by atoms with Gasteiger partial charge in [-0.25, -0.2) is 17.5 Å². The molecule has 6 nitrogen and oxygen atoms in total. The highest BCUT2D eigenvalue weighted by molar-refractivity contribution is 7.92. The first-order valence-electron chi connectivity index (χ1n) is 8.49. The quantitative estimate of drug-likeness (QED) is 0.730. The molecule has 4 rings (SSSR count). The van der Waals surface area contributed by atoms with E-state index in [1.807, 2.05) is 6.92 Å². The Morgan fingerprint density at radius 2 is 2.00 bits per heavy atom. The SMILES string of the molecule is C[C@H]1Cc2cc(S(=O)(=O)Nc3ccnn3Cc3ccc(F)cc3)ccc2O1. The molecule has 140 valence electrons. The first kappa shape index (κ1) is 17.5. The number of fused-ring (bicyclic) bond motifs is 1. The zero-order chi connectivity index (χ0) is 19.0. The molecule has 0 saturated carbocycles.